The van der Waals surface area contributed by atoms with E-state index >= 15 is 0 Å². The normalized spacial score (nSPS) is 10.5. The van der Waals surface area contributed by atoms with E-state index in [1.807, 2.05) is 32.0 Å². The van der Waals surface area contributed by atoms with Crippen LogP contribution in [0.4, 0.5) is 4.39 Å². The fourth-order valence-electron chi connectivity index (χ4n) is 1.96. The number of aryl methyl sites for hydroxylation is 2. The van der Waals surface area contributed by atoms with E-state index in [4.69, 9.17) is 4.74 Å². The predicted octanol–water partition coefficient (Wildman–Crippen LogP) is 3.35. The van der Waals surface area contributed by atoms with Gasteiger partial charge in [0.2, 0.25) is 0 Å². The summed E-state index contributed by atoms with van der Waals surface area (Å²) in [6.45, 7) is 4.39. The van der Waals surface area contributed by atoms with Crippen molar-refractivity contribution in [2.24, 2.45) is 0 Å². The van der Waals surface area contributed by atoms with Gasteiger partial charge in [0.25, 0.3) is 5.88 Å². The smallest absolute Gasteiger partial charge is 0.256 e. The molecule has 3 nitrogen and oxygen atoms in total. The van der Waals surface area contributed by atoms with Crippen LogP contribution >= 0.6 is 0 Å². The van der Waals surface area contributed by atoms with E-state index in [0.717, 1.165) is 11.1 Å². The Bertz CT molecular complexity index is 564. The molecule has 0 fully saturated rings. The number of rotatable bonds is 4. The molecule has 0 saturated carbocycles. The first-order valence-corrected chi connectivity index (χ1v) is 6.14. The number of nitrogens with one attached hydrogen (secondary N) is 1. The van der Waals surface area contributed by atoms with Crippen LogP contribution in [0.2, 0.25) is 0 Å². The first-order chi connectivity index (χ1) is 9.10. The van der Waals surface area contributed by atoms with E-state index in [2.05, 4.69) is 10.3 Å². The lowest BCUT2D eigenvalue weighted by Crippen LogP contribution is -2.08. The second-order valence-electron chi connectivity index (χ2n) is 4.55. The molecule has 1 aromatic heterocycles. The maximum absolute atomic E-state index is 14.1. The summed E-state index contributed by atoms with van der Waals surface area (Å²) in [4.78, 5) is 3.95. The molecule has 100 valence electrons. The first-order valence-electron chi connectivity index (χ1n) is 6.14. The Kier molecular flexibility index (Phi) is 4.12. The molecule has 19 heavy (non-hydrogen) atoms. The predicted molar refractivity (Wildman–Crippen MR) is 72.9 cm³/mol. The van der Waals surface area contributed by atoms with Crippen molar-refractivity contribution in [3.63, 3.8) is 0 Å². The van der Waals surface area contributed by atoms with Gasteiger partial charge in [-0.25, -0.2) is 9.37 Å². The summed E-state index contributed by atoms with van der Waals surface area (Å²) in [6.07, 6.45) is 1.55. The minimum absolute atomic E-state index is 0.0118. The van der Waals surface area contributed by atoms with Crippen molar-refractivity contribution < 1.29 is 9.13 Å². The van der Waals surface area contributed by atoms with Crippen LogP contribution in [0.1, 0.15) is 16.7 Å². The molecule has 0 radical (unpaired) electrons. The van der Waals surface area contributed by atoms with Crippen LogP contribution in [0.25, 0.3) is 0 Å². The fourth-order valence-corrected chi connectivity index (χ4v) is 1.96. The van der Waals surface area contributed by atoms with Crippen LogP contribution in [0, 0.1) is 19.7 Å². The molecule has 0 aliphatic heterocycles. The van der Waals surface area contributed by atoms with Gasteiger partial charge in [0.05, 0.1) is 0 Å². The molecular formula is C15H17FN2O. The summed E-state index contributed by atoms with van der Waals surface area (Å²) >= 11 is 0. The molecule has 0 aliphatic carbocycles. The van der Waals surface area contributed by atoms with Crippen molar-refractivity contribution in [3.8, 4) is 11.6 Å². The van der Waals surface area contributed by atoms with Crippen molar-refractivity contribution in [3.05, 3.63) is 53.0 Å². The second-order valence-corrected chi connectivity index (χ2v) is 4.55. The topological polar surface area (TPSA) is 34.2 Å². The third kappa shape index (κ3) is 3.29. The highest BCUT2D eigenvalue weighted by Gasteiger charge is 2.11. The molecule has 0 saturated heterocycles. The molecule has 0 atom stereocenters. The Morgan fingerprint density at radius 1 is 1.21 bits per heavy atom. The van der Waals surface area contributed by atoms with E-state index in [0.29, 0.717) is 17.9 Å². The monoisotopic (exact) mass is 260 g/mol. The van der Waals surface area contributed by atoms with Gasteiger partial charge in [0, 0.05) is 18.3 Å². The van der Waals surface area contributed by atoms with Crippen LogP contribution in [-0.4, -0.2) is 12.0 Å². The fraction of sp³-hybridized carbons (Fsp3) is 0.267. The number of aromatic nitrogens is 1. The minimum Gasteiger partial charge on any atom is -0.436 e. The molecule has 2 rings (SSSR count). The molecule has 0 amide bonds. The number of benzene rings is 1. The van der Waals surface area contributed by atoms with E-state index in [1.165, 1.54) is 0 Å². The molecule has 0 bridgehead atoms. The van der Waals surface area contributed by atoms with E-state index in [9.17, 15) is 4.39 Å². The number of hydrogen-bond donors (Lipinski definition) is 1. The number of nitrogens with zero attached hydrogens (tertiary/aromatic N) is 1. The molecule has 2 aromatic rings. The van der Waals surface area contributed by atoms with Gasteiger partial charge in [-0.1, -0.05) is 6.07 Å². The second kappa shape index (κ2) is 5.80. The molecule has 1 N–H and O–H groups in total. The van der Waals surface area contributed by atoms with Crippen molar-refractivity contribution in [2.45, 2.75) is 20.4 Å². The number of ether oxygens (including phenoxy) is 1. The highest BCUT2D eigenvalue weighted by molar-refractivity contribution is 5.36. The van der Waals surface area contributed by atoms with Gasteiger partial charge < -0.3 is 10.1 Å². The zero-order valence-corrected chi connectivity index (χ0v) is 11.3. The molecule has 0 aliphatic rings. The molecular weight excluding hydrogens is 243 g/mol. The molecule has 0 spiro atoms. The lowest BCUT2D eigenvalue weighted by Gasteiger charge is -2.10. The van der Waals surface area contributed by atoms with E-state index in [-0.39, 0.29) is 5.88 Å². The lowest BCUT2D eigenvalue weighted by atomic mass is 10.1. The van der Waals surface area contributed by atoms with Crippen LogP contribution in [0.15, 0.2) is 30.5 Å². The van der Waals surface area contributed by atoms with E-state index in [1.54, 1.807) is 19.3 Å². The molecule has 4 heteroatoms. The van der Waals surface area contributed by atoms with Crippen LogP contribution < -0.4 is 10.1 Å². The Morgan fingerprint density at radius 2 is 1.89 bits per heavy atom. The van der Waals surface area contributed by atoms with E-state index < -0.39 is 5.82 Å². The highest BCUT2D eigenvalue weighted by atomic mass is 19.1. The van der Waals surface area contributed by atoms with Gasteiger partial charge in [-0.05, 0) is 50.2 Å². The summed E-state index contributed by atoms with van der Waals surface area (Å²) < 4.78 is 19.7. The first kappa shape index (κ1) is 13.5. The largest absolute Gasteiger partial charge is 0.436 e. The summed E-state index contributed by atoms with van der Waals surface area (Å²) in [5.41, 5.74) is 2.68. The lowest BCUT2D eigenvalue weighted by molar-refractivity contribution is 0.417. The standard InChI is InChI=1S/C15H17FN2O/c1-10-6-11(2)8-13(7-10)19-15-14(16)12(9-17-3)4-5-18-15/h4-8,17H,9H2,1-3H3. The number of hydrogen-bond acceptors (Lipinski definition) is 3. The maximum Gasteiger partial charge on any atom is 0.256 e. The number of halogens is 1. The summed E-state index contributed by atoms with van der Waals surface area (Å²) in [5.74, 6) is 0.194. The maximum atomic E-state index is 14.1. The molecule has 1 heterocycles. The molecule has 1 aromatic carbocycles. The van der Waals surface area contributed by atoms with Gasteiger partial charge in [-0.2, -0.15) is 0 Å². The summed E-state index contributed by atoms with van der Waals surface area (Å²) in [6, 6.07) is 7.39. The molecule has 0 unspecified atom stereocenters. The van der Waals surface area contributed by atoms with Gasteiger partial charge >= 0.3 is 0 Å². The Balaban J connectivity index is 2.30. The zero-order valence-electron chi connectivity index (χ0n) is 11.3. The van der Waals surface area contributed by atoms with Crippen molar-refractivity contribution >= 4 is 0 Å². The quantitative estimate of drug-likeness (QED) is 0.915. The third-order valence-electron chi connectivity index (χ3n) is 2.71. The van der Waals surface area contributed by atoms with Crippen molar-refractivity contribution in [1.82, 2.24) is 10.3 Å². The van der Waals surface area contributed by atoms with Crippen LogP contribution in [0.5, 0.6) is 11.6 Å². The SMILES string of the molecule is CNCc1ccnc(Oc2cc(C)cc(C)c2)c1F. The van der Waals surface area contributed by atoms with Gasteiger partial charge in [0.1, 0.15) is 5.75 Å². The average molecular weight is 260 g/mol. The third-order valence-corrected chi connectivity index (χ3v) is 2.71. The highest BCUT2D eigenvalue weighted by Crippen LogP contribution is 2.25. The zero-order chi connectivity index (χ0) is 13.8. The van der Waals surface area contributed by atoms with Gasteiger partial charge in [0.15, 0.2) is 5.82 Å². The van der Waals surface area contributed by atoms with Crippen molar-refractivity contribution in [2.75, 3.05) is 7.05 Å². The average Bonchev–Trinajstić information content (AvgIpc) is 2.33. The van der Waals surface area contributed by atoms with Crippen LogP contribution in [-0.2, 0) is 6.54 Å². The summed E-state index contributed by atoms with van der Waals surface area (Å²) in [7, 11) is 1.77. The Labute approximate surface area is 112 Å². The minimum atomic E-state index is -0.420. The summed E-state index contributed by atoms with van der Waals surface area (Å²) in [5, 5.41) is 2.91. The Hall–Kier alpha value is -1.94. The Morgan fingerprint density at radius 3 is 2.53 bits per heavy atom. The van der Waals surface area contributed by atoms with Gasteiger partial charge in [-0.15, -0.1) is 0 Å². The van der Waals surface area contributed by atoms with Crippen molar-refractivity contribution in [1.29, 1.82) is 0 Å². The van der Waals surface area contributed by atoms with Crippen LogP contribution in [0.3, 0.4) is 0 Å². The van der Waals surface area contributed by atoms with Gasteiger partial charge in [-0.3, -0.25) is 0 Å². The number of pyridine rings is 1.